The first-order chi connectivity index (χ1) is 7.67. The molecule has 1 heterocycles. The lowest BCUT2D eigenvalue weighted by molar-refractivity contribution is -0.119. The molecule has 1 rings (SSSR count). The summed E-state index contributed by atoms with van der Waals surface area (Å²) in [4.78, 5) is 21.1. The molecule has 0 saturated carbocycles. The molecule has 5 nitrogen and oxygen atoms in total. The van der Waals surface area contributed by atoms with E-state index in [-0.39, 0.29) is 12.5 Å². The summed E-state index contributed by atoms with van der Waals surface area (Å²) in [6.07, 6.45) is 2.32. The summed E-state index contributed by atoms with van der Waals surface area (Å²) in [5.41, 5.74) is 0. The molecule has 0 bridgehead atoms. The first-order valence-electron chi connectivity index (χ1n) is 5.10. The van der Waals surface area contributed by atoms with E-state index in [0.29, 0.717) is 11.0 Å². The molecule has 88 valence electrons. The van der Waals surface area contributed by atoms with Crippen molar-refractivity contribution in [2.45, 2.75) is 13.3 Å². The Labute approximate surface area is 99.8 Å². The van der Waals surface area contributed by atoms with Crippen molar-refractivity contribution in [1.29, 1.82) is 0 Å². The van der Waals surface area contributed by atoms with Gasteiger partial charge >= 0.3 is 0 Å². The summed E-state index contributed by atoms with van der Waals surface area (Å²) in [5, 5.41) is 2.96. The maximum atomic E-state index is 11.3. The van der Waals surface area contributed by atoms with E-state index in [1.807, 2.05) is 11.8 Å². The quantitative estimate of drug-likeness (QED) is 0.786. The molecule has 1 N–H and O–H groups in total. The molecule has 0 atom stereocenters. The van der Waals surface area contributed by atoms with Crippen LogP contribution in [0.25, 0.3) is 0 Å². The van der Waals surface area contributed by atoms with Gasteiger partial charge in [0.2, 0.25) is 5.91 Å². The van der Waals surface area contributed by atoms with Crippen LogP contribution in [0.4, 0.5) is 5.82 Å². The van der Waals surface area contributed by atoms with Crippen molar-refractivity contribution < 1.29 is 4.79 Å². The van der Waals surface area contributed by atoms with Gasteiger partial charge in [0, 0.05) is 19.7 Å². The van der Waals surface area contributed by atoms with Gasteiger partial charge in [-0.25, -0.2) is 9.97 Å². The molecule has 1 aromatic heterocycles. The molecule has 0 aliphatic carbocycles. The predicted octanol–water partition coefficient (Wildman–Crippen LogP) is 1.09. The van der Waals surface area contributed by atoms with Gasteiger partial charge in [0.15, 0.2) is 0 Å². The Morgan fingerprint density at radius 1 is 1.56 bits per heavy atom. The van der Waals surface area contributed by atoms with E-state index in [2.05, 4.69) is 15.3 Å². The standard InChI is InChI=1S/C10H15ClN4O/c1-3-4-15(6-10(16)12-2)9-5-8(11)13-7-14-9/h5,7H,3-4,6H2,1-2H3,(H,12,16). The fourth-order valence-electron chi connectivity index (χ4n) is 1.29. The van der Waals surface area contributed by atoms with E-state index in [0.717, 1.165) is 13.0 Å². The van der Waals surface area contributed by atoms with Gasteiger partial charge in [-0.3, -0.25) is 4.79 Å². The molecule has 16 heavy (non-hydrogen) atoms. The Bertz CT molecular complexity index is 358. The topological polar surface area (TPSA) is 58.1 Å². The van der Waals surface area contributed by atoms with Crippen LogP contribution in [0.1, 0.15) is 13.3 Å². The minimum Gasteiger partial charge on any atom is -0.358 e. The number of carbonyl (C=O) groups is 1. The molecule has 0 aliphatic rings. The van der Waals surface area contributed by atoms with Gasteiger partial charge in [0.25, 0.3) is 0 Å². The fourth-order valence-corrected chi connectivity index (χ4v) is 1.44. The van der Waals surface area contributed by atoms with Crippen molar-refractivity contribution in [3.8, 4) is 0 Å². The minimum atomic E-state index is -0.0526. The predicted molar refractivity (Wildman–Crippen MR) is 63.6 cm³/mol. The maximum Gasteiger partial charge on any atom is 0.239 e. The van der Waals surface area contributed by atoms with Crippen LogP contribution in [0, 0.1) is 0 Å². The highest BCUT2D eigenvalue weighted by Crippen LogP contribution is 2.14. The first-order valence-corrected chi connectivity index (χ1v) is 5.48. The zero-order valence-electron chi connectivity index (χ0n) is 9.40. The summed E-state index contributed by atoms with van der Waals surface area (Å²) in [5.74, 6) is 0.619. The Morgan fingerprint density at radius 2 is 2.31 bits per heavy atom. The third-order valence-electron chi connectivity index (χ3n) is 2.05. The van der Waals surface area contributed by atoms with Crippen LogP contribution in [-0.4, -0.2) is 36.0 Å². The highest BCUT2D eigenvalue weighted by Gasteiger charge is 2.11. The Hall–Kier alpha value is -1.36. The Balaban J connectivity index is 2.80. The number of rotatable bonds is 5. The number of hydrogen-bond acceptors (Lipinski definition) is 4. The Kier molecular flexibility index (Phi) is 4.98. The van der Waals surface area contributed by atoms with Crippen LogP contribution in [-0.2, 0) is 4.79 Å². The summed E-state index contributed by atoms with van der Waals surface area (Å²) in [7, 11) is 1.61. The molecule has 0 unspecified atom stereocenters. The van der Waals surface area contributed by atoms with Gasteiger partial charge in [-0.05, 0) is 6.42 Å². The number of hydrogen-bond donors (Lipinski definition) is 1. The van der Waals surface area contributed by atoms with E-state index in [1.54, 1.807) is 13.1 Å². The summed E-state index contributed by atoms with van der Waals surface area (Å²) < 4.78 is 0. The molecule has 6 heteroatoms. The van der Waals surface area contributed by atoms with E-state index in [9.17, 15) is 4.79 Å². The van der Waals surface area contributed by atoms with Crippen LogP contribution >= 0.6 is 11.6 Å². The molecule has 1 amide bonds. The van der Waals surface area contributed by atoms with Gasteiger partial charge in [0.1, 0.15) is 17.3 Å². The minimum absolute atomic E-state index is 0.0526. The molecule has 0 aliphatic heterocycles. The van der Waals surface area contributed by atoms with Crippen LogP contribution in [0.2, 0.25) is 5.15 Å². The van der Waals surface area contributed by atoms with Crippen LogP contribution < -0.4 is 10.2 Å². The van der Waals surface area contributed by atoms with Crippen molar-refractivity contribution in [2.75, 3.05) is 25.0 Å². The van der Waals surface area contributed by atoms with Crippen molar-refractivity contribution in [3.05, 3.63) is 17.5 Å². The molecule has 0 saturated heterocycles. The molecular weight excluding hydrogens is 228 g/mol. The molecular formula is C10H15ClN4O. The molecule has 1 aromatic rings. The molecule has 0 fully saturated rings. The average Bonchev–Trinajstić information content (AvgIpc) is 2.28. The number of aromatic nitrogens is 2. The molecule has 0 radical (unpaired) electrons. The lowest BCUT2D eigenvalue weighted by Crippen LogP contribution is -2.36. The summed E-state index contributed by atoms with van der Waals surface area (Å²) >= 11 is 5.78. The SMILES string of the molecule is CCCN(CC(=O)NC)c1cc(Cl)ncn1. The van der Waals surface area contributed by atoms with Gasteiger partial charge in [-0.2, -0.15) is 0 Å². The zero-order valence-corrected chi connectivity index (χ0v) is 10.2. The van der Waals surface area contributed by atoms with E-state index in [1.165, 1.54) is 6.33 Å². The number of nitrogens with zero attached hydrogens (tertiary/aromatic N) is 3. The second-order valence-corrected chi connectivity index (χ2v) is 3.68. The van der Waals surface area contributed by atoms with Crippen molar-refractivity contribution in [2.24, 2.45) is 0 Å². The monoisotopic (exact) mass is 242 g/mol. The van der Waals surface area contributed by atoms with E-state index < -0.39 is 0 Å². The average molecular weight is 243 g/mol. The number of likely N-dealkylation sites (N-methyl/N-ethyl adjacent to an activating group) is 1. The highest BCUT2D eigenvalue weighted by molar-refractivity contribution is 6.29. The maximum absolute atomic E-state index is 11.3. The molecule has 0 aromatic carbocycles. The van der Waals surface area contributed by atoms with E-state index in [4.69, 9.17) is 11.6 Å². The molecule has 0 spiro atoms. The number of amides is 1. The van der Waals surface area contributed by atoms with Crippen molar-refractivity contribution >= 4 is 23.3 Å². The fraction of sp³-hybridized carbons (Fsp3) is 0.500. The van der Waals surface area contributed by atoms with Crippen LogP contribution in [0.3, 0.4) is 0 Å². The lowest BCUT2D eigenvalue weighted by Gasteiger charge is -2.21. The van der Waals surface area contributed by atoms with Crippen molar-refractivity contribution in [3.63, 3.8) is 0 Å². The number of halogens is 1. The number of anilines is 1. The van der Waals surface area contributed by atoms with Crippen LogP contribution in [0.5, 0.6) is 0 Å². The summed E-state index contributed by atoms with van der Waals surface area (Å²) in [6, 6.07) is 1.65. The Morgan fingerprint density at radius 3 is 2.88 bits per heavy atom. The van der Waals surface area contributed by atoms with Gasteiger partial charge in [-0.15, -0.1) is 0 Å². The largest absolute Gasteiger partial charge is 0.358 e. The lowest BCUT2D eigenvalue weighted by atomic mass is 10.3. The van der Waals surface area contributed by atoms with Gasteiger partial charge in [0.05, 0.1) is 6.54 Å². The third-order valence-corrected chi connectivity index (χ3v) is 2.26. The number of nitrogens with one attached hydrogen (secondary N) is 1. The van der Waals surface area contributed by atoms with Gasteiger partial charge in [-0.1, -0.05) is 18.5 Å². The van der Waals surface area contributed by atoms with Crippen LogP contribution in [0.15, 0.2) is 12.4 Å². The van der Waals surface area contributed by atoms with Gasteiger partial charge < -0.3 is 10.2 Å². The third kappa shape index (κ3) is 3.66. The van der Waals surface area contributed by atoms with E-state index >= 15 is 0 Å². The smallest absolute Gasteiger partial charge is 0.239 e. The zero-order chi connectivity index (χ0) is 12.0. The second-order valence-electron chi connectivity index (χ2n) is 3.29. The first kappa shape index (κ1) is 12.7. The summed E-state index contributed by atoms with van der Waals surface area (Å²) in [6.45, 7) is 3.07. The second kappa shape index (κ2) is 6.27. The number of carbonyl (C=O) groups excluding carboxylic acids is 1. The highest BCUT2D eigenvalue weighted by atomic mass is 35.5. The normalized spacial score (nSPS) is 9.94. The van der Waals surface area contributed by atoms with Crippen molar-refractivity contribution in [1.82, 2.24) is 15.3 Å².